The molecule has 2 rings (SSSR count). The topological polar surface area (TPSA) is 85.5 Å². The molecule has 0 spiro atoms. The van der Waals surface area contributed by atoms with Crippen molar-refractivity contribution in [2.75, 3.05) is 7.11 Å². The smallest absolute Gasteiger partial charge is 0.377 e. The first kappa shape index (κ1) is 10.2. The van der Waals surface area contributed by atoms with Crippen LogP contribution in [0.2, 0.25) is 0 Å². The maximum atomic E-state index is 10.5. The van der Waals surface area contributed by atoms with E-state index in [2.05, 4.69) is 10.1 Å². The van der Waals surface area contributed by atoms with Gasteiger partial charge in [0.15, 0.2) is 0 Å². The largest absolute Gasteiger partial charge is 0.497 e. The van der Waals surface area contributed by atoms with E-state index < -0.39 is 5.97 Å². The number of rotatable bonds is 3. The van der Waals surface area contributed by atoms with Gasteiger partial charge in [-0.3, -0.25) is 0 Å². The standard InChI is InChI=1S/C10H8N2O4/c1-15-7-4-2-6(3-5-7)9-11-8(10(13)14)12-16-9/h2-5H,1H3,(H,13,14). The van der Waals surface area contributed by atoms with Gasteiger partial charge in [0.25, 0.3) is 11.7 Å². The number of ether oxygens (including phenoxy) is 1. The summed E-state index contributed by atoms with van der Waals surface area (Å²) in [4.78, 5) is 14.3. The van der Waals surface area contributed by atoms with Crippen molar-refractivity contribution in [3.8, 4) is 17.2 Å². The number of carbonyl (C=O) groups is 1. The summed E-state index contributed by atoms with van der Waals surface area (Å²) in [7, 11) is 1.56. The van der Waals surface area contributed by atoms with Crippen molar-refractivity contribution in [1.29, 1.82) is 0 Å². The summed E-state index contributed by atoms with van der Waals surface area (Å²) in [6, 6.07) is 6.86. The van der Waals surface area contributed by atoms with Crippen LogP contribution in [0.5, 0.6) is 5.75 Å². The van der Waals surface area contributed by atoms with Crippen molar-refractivity contribution in [3.63, 3.8) is 0 Å². The summed E-state index contributed by atoms with van der Waals surface area (Å²) in [6.45, 7) is 0. The van der Waals surface area contributed by atoms with Crippen molar-refractivity contribution in [2.45, 2.75) is 0 Å². The number of nitrogens with zero attached hydrogens (tertiary/aromatic N) is 2. The number of aromatic carboxylic acids is 1. The molecule has 2 aromatic rings. The molecule has 16 heavy (non-hydrogen) atoms. The molecule has 6 nitrogen and oxygen atoms in total. The normalized spacial score (nSPS) is 10.1. The average molecular weight is 220 g/mol. The number of methoxy groups -OCH3 is 1. The molecule has 0 fully saturated rings. The van der Waals surface area contributed by atoms with E-state index in [1.54, 1.807) is 31.4 Å². The summed E-state index contributed by atoms with van der Waals surface area (Å²) in [6.07, 6.45) is 0. The van der Waals surface area contributed by atoms with Crippen LogP contribution in [-0.2, 0) is 0 Å². The van der Waals surface area contributed by atoms with Gasteiger partial charge >= 0.3 is 5.97 Å². The highest BCUT2D eigenvalue weighted by Gasteiger charge is 2.13. The van der Waals surface area contributed by atoms with Crippen LogP contribution in [0.15, 0.2) is 28.8 Å². The summed E-state index contributed by atoms with van der Waals surface area (Å²) in [5.74, 6) is -0.712. The molecule has 0 aliphatic heterocycles. The predicted octanol–water partition coefficient (Wildman–Crippen LogP) is 1.44. The fourth-order valence-corrected chi connectivity index (χ4v) is 1.16. The van der Waals surface area contributed by atoms with Crippen molar-refractivity contribution in [3.05, 3.63) is 30.1 Å². The van der Waals surface area contributed by atoms with E-state index in [1.165, 1.54) is 0 Å². The van der Waals surface area contributed by atoms with Crippen molar-refractivity contribution < 1.29 is 19.2 Å². The second-order valence-corrected chi connectivity index (χ2v) is 2.96. The van der Waals surface area contributed by atoms with Crippen LogP contribution in [0.25, 0.3) is 11.5 Å². The quantitative estimate of drug-likeness (QED) is 0.842. The Kier molecular flexibility index (Phi) is 2.55. The molecule has 0 saturated carbocycles. The minimum atomic E-state index is -1.22. The zero-order valence-corrected chi connectivity index (χ0v) is 8.38. The van der Waals surface area contributed by atoms with Gasteiger partial charge in [-0.25, -0.2) is 4.79 Å². The summed E-state index contributed by atoms with van der Waals surface area (Å²) < 4.78 is 9.79. The molecule has 1 aromatic heterocycles. The zero-order valence-electron chi connectivity index (χ0n) is 8.38. The highest BCUT2D eigenvalue weighted by atomic mass is 16.5. The van der Waals surface area contributed by atoms with E-state index in [4.69, 9.17) is 14.4 Å². The molecule has 0 aliphatic carbocycles. The van der Waals surface area contributed by atoms with Gasteiger partial charge < -0.3 is 14.4 Å². The van der Waals surface area contributed by atoms with Gasteiger partial charge in [-0.1, -0.05) is 0 Å². The number of hydrogen-bond donors (Lipinski definition) is 1. The Balaban J connectivity index is 2.31. The Bertz CT molecular complexity index is 504. The van der Waals surface area contributed by atoms with E-state index >= 15 is 0 Å². The van der Waals surface area contributed by atoms with Gasteiger partial charge in [0.1, 0.15) is 5.75 Å². The van der Waals surface area contributed by atoms with Crippen LogP contribution in [0.1, 0.15) is 10.6 Å². The Labute approximate surface area is 90.5 Å². The van der Waals surface area contributed by atoms with Gasteiger partial charge in [-0.2, -0.15) is 4.98 Å². The van der Waals surface area contributed by atoms with Crippen LogP contribution in [0, 0.1) is 0 Å². The Hall–Kier alpha value is -2.37. The number of carboxylic acids is 1. The van der Waals surface area contributed by atoms with Crippen LogP contribution in [0.3, 0.4) is 0 Å². The highest BCUT2D eigenvalue weighted by Crippen LogP contribution is 2.20. The lowest BCUT2D eigenvalue weighted by atomic mass is 10.2. The first-order valence-corrected chi connectivity index (χ1v) is 4.42. The minimum Gasteiger partial charge on any atom is -0.497 e. The van der Waals surface area contributed by atoms with Crippen LogP contribution in [-0.4, -0.2) is 28.3 Å². The zero-order chi connectivity index (χ0) is 11.5. The molecular formula is C10H8N2O4. The summed E-state index contributed by atoms with van der Waals surface area (Å²) in [5.41, 5.74) is 0.640. The predicted molar refractivity (Wildman–Crippen MR) is 53.2 cm³/mol. The molecular weight excluding hydrogens is 212 g/mol. The van der Waals surface area contributed by atoms with Crippen LogP contribution < -0.4 is 4.74 Å². The van der Waals surface area contributed by atoms with E-state index in [-0.39, 0.29) is 11.7 Å². The van der Waals surface area contributed by atoms with E-state index in [0.717, 1.165) is 0 Å². The number of carboxylic acid groups (broad SMARTS) is 1. The molecule has 0 unspecified atom stereocenters. The summed E-state index contributed by atoms with van der Waals surface area (Å²) in [5, 5.41) is 11.9. The van der Waals surface area contributed by atoms with Crippen molar-refractivity contribution in [1.82, 2.24) is 10.1 Å². The highest BCUT2D eigenvalue weighted by molar-refractivity contribution is 5.83. The molecule has 1 aromatic carbocycles. The third-order valence-electron chi connectivity index (χ3n) is 1.95. The average Bonchev–Trinajstić information content (AvgIpc) is 2.78. The molecule has 0 bridgehead atoms. The lowest BCUT2D eigenvalue weighted by molar-refractivity contribution is 0.0680. The van der Waals surface area contributed by atoms with Crippen LogP contribution in [0.4, 0.5) is 0 Å². The van der Waals surface area contributed by atoms with E-state index in [1.807, 2.05) is 0 Å². The van der Waals surface area contributed by atoms with Gasteiger partial charge in [-0.15, -0.1) is 0 Å². The Morgan fingerprint density at radius 2 is 2.06 bits per heavy atom. The van der Waals surface area contributed by atoms with Crippen molar-refractivity contribution >= 4 is 5.97 Å². The summed E-state index contributed by atoms with van der Waals surface area (Å²) >= 11 is 0. The SMILES string of the molecule is COc1ccc(-c2nc(C(=O)O)no2)cc1. The van der Waals surface area contributed by atoms with Gasteiger partial charge in [0.05, 0.1) is 7.11 Å². The first-order valence-electron chi connectivity index (χ1n) is 4.42. The number of hydrogen-bond acceptors (Lipinski definition) is 5. The maximum absolute atomic E-state index is 10.5. The maximum Gasteiger partial charge on any atom is 0.377 e. The third kappa shape index (κ3) is 1.85. The fourth-order valence-electron chi connectivity index (χ4n) is 1.16. The number of aromatic nitrogens is 2. The molecule has 0 atom stereocenters. The van der Waals surface area contributed by atoms with Crippen molar-refractivity contribution in [2.24, 2.45) is 0 Å². The fraction of sp³-hybridized carbons (Fsp3) is 0.100. The third-order valence-corrected chi connectivity index (χ3v) is 1.95. The molecule has 82 valence electrons. The lowest BCUT2D eigenvalue weighted by Crippen LogP contribution is -1.98. The van der Waals surface area contributed by atoms with Gasteiger partial charge in [-0.05, 0) is 29.4 Å². The second-order valence-electron chi connectivity index (χ2n) is 2.96. The molecule has 0 amide bonds. The molecule has 6 heteroatoms. The monoisotopic (exact) mass is 220 g/mol. The molecule has 1 N–H and O–H groups in total. The molecule has 0 saturated heterocycles. The first-order chi connectivity index (χ1) is 7.70. The molecule has 1 heterocycles. The Morgan fingerprint density at radius 1 is 1.38 bits per heavy atom. The second kappa shape index (κ2) is 4.01. The van der Waals surface area contributed by atoms with E-state index in [0.29, 0.717) is 11.3 Å². The number of benzene rings is 1. The van der Waals surface area contributed by atoms with Gasteiger partial charge in [0, 0.05) is 5.56 Å². The van der Waals surface area contributed by atoms with Crippen LogP contribution >= 0.6 is 0 Å². The molecule has 0 aliphatic rings. The lowest BCUT2D eigenvalue weighted by Gasteiger charge is -1.98. The van der Waals surface area contributed by atoms with E-state index in [9.17, 15) is 4.79 Å². The van der Waals surface area contributed by atoms with Gasteiger partial charge in [0.2, 0.25) is 0 Å². The molecule has 0 radical (unpaired) electrons. The minimum absolute atomic E-state index is 0.167. The Morgan fingerprint density at radius 3 is 2.56 bits per heavy atom.